The summed E-state index contributed by atoms with van der Waals surface area (Å²) in [4.78, 5) is 5.56. The van der Waals surface area contributed by atoms with Gasteiger partial charge in [-0.05, 0) is 24.5 Å². The van der Waals surface area contributed by atoms with Crippen molar-refractivity contribution in [3.05, 3.63) is 28.8 Å². The van der Waals surface area contributed by atoms with Crippen LogP contribution >= 0.6 is 11.6 Å². The molecule has 1 aromatic carbocycles. The minimum absolute atomic E-state index is 0.371. The largest absolute Gasteiger partial charge is 0.272 e. The molecule has 0 heterocycles. The average molecular weight is 267 g/mol. The third-order valence-electron chi connectivity index (χ3n) is 2.65. The summed E-state index contributed by atoms with van der Waals surface area (Å²) in [5.41, 5.74) is 1.97. The monoisotopic (exact) mass is 266 g/mol. The van der Waals surface area contributed by atoms with Crippen LogP contribution in [0.4, 0.5) is 5.69 Å². The van der Waals surface area contributed by atoms with E-state index in [9.17, 15) is 0 Å². The lowest BCUT2D eigenvalue weighted by molar-refractivity contribution is 0.116. The number of benzene rings is 1. The first-order valence-electron chi connectivity index (χ1n) is 6.17. The number of nitriles is 1. The van der Waals surface area contributed by atoms with Gasteiger partial charge in [-0.1, -0.05) is 37.6 Å². The molecule has 0 atom stereocenters. The maximum absolute atomic E-state index is 8.52. The first kappa shape index (κ1) is 14.8. The van der Waals surface area contributed by atoms with Crippen molar-refractivity contribution in [3.8, 4) is 6.07 Å². The van der Waals surface area contributed by atoms with Crippen LogP contribution in [0, 0.1) is 11.3 Å². The molecule has 0 N–H and O–H groups in total. The van der Waals surface area contributed by atoms with Crippen LogP contribution < -0.4 is 5.06 Å². The van der Waals surface area contributed by atoms with Crippen LogP contribution in [0.15, 0.2) is 18.2 Å². The van der Waals surface area contributed by atoms with E-state index >= 15 is 0 Å². The standard InChI is InChI=1S/C14H19ClN2O/c1-4-17(18-10-6-9-16)13-8-5-7-12(11(2)3)14(13)15/h5,7-8,11H,4,6,10H2,1-3H3. The number of halogens is 1. The Morgan fingerprint density at radius 1 is 1.44 bits per heavy atom. The van der Waals surface area contributed by atoms with E-state index in [1.54, 1.807) is 5.06 Å². The fourth-order valence-corrected chi connectivity index (χ4v) is 2.15. The van der Waals surface area contributed by atoms with E-state index in [0.29, 0.717) is 25.5 Å². The summed E-state index contributed by atoms with van der Waals surface area (Å²) >= 11 is 6.40. The predicted octanol–water partition coefficient (Wildman–Crippen LogP) is 4.13. The second-order valence-electron chi connectivity index (χ2n) is 4.27. The number of hydroxylamine groups is 1. The summed E-state index contributed by atoms with van der Waals surface area (Å²) in [7, 11) is 0. The maximum Gasteiger partial charge on any atom is 0.0878 e. The molecule has 0 fully saturated rings. The molecule has 0 amide bonds. The molecule has 0 saturated carbocycles. The van der Waals surface area contributed by atoms with Crippen LogP contribution in [0.5, 0.6) is 0 Å². The van der Waals surface area contributed by atoms with Crippen molar-refractivity contribution < 1.29 is 4.84 Å². The summed E-state index contributed by atoms with van der Waals surface area (Å²) in [6.07, 6.45) is 0.373. The molecule has 1 aromatic rings. The maximum atomic E-state index is 8.52. The topological polar surface area (TPSA) is 36.3 Å². The van der Waals surface area contributed by atoms with Crippen LogP contribution in [0.3, 0.4) is 0 Å². The van der Waals surface area contributed by atoms with E-state index in [2.05, 4.69) is 19.9 Å². The van der Waals surface area contributed by atoms with Gasteiger partial charge in [0.15, 0.2) is 0 Å². The Kier molecular flexibility index (Phi) is 5.97. The normalized spacial score (nSPS) is 10.4. The minimum Gasteiger partial charge on any atom is -0.272 e. The minimum atomic E-state index is 0.371. The van der Waals surface area contributed by atoms with Crippen molar-refractivity contribution in [3.63, 3.8) is 0 Å². The molecule has 0 saturated heterocycles. The fraction of sp³-hybridized carbons (Fsp3) is 0.500. The molecule has 0 aliphatic heterocycles. The van der Waals surface area contributed by atoms with E-state index in [0.717, 1.165) is 16.3 Å². The zero-order valence-corrected chi connectivity index (χ0v) is 11.9. The molecule has 0 spiro atoms. The van der Waals surface area contributed by atoms with Gasteiger partial charge in [0.05, 0.1) is 29.8 Å². The van der Waals surface area contributed by atoms with Crippen molar-refractivity contribution >= 4 is 17.3 Å². The van der Waals surface area contributed by atoms with Gasteiger partial charge in [-0.15, -0.1) is 0 Å². The molecular formula is C14H19ClN2O. The van der Waals surface area contributed by atoms with E-state index in [4.69, 9.17) is 21.7 Å². The summed E-state index contributed by atoms with van der Waals surface area (Å²) in [6, 6.07) is 8.00. The number of rotatable bonds is 6. The van der Waals surface area contributed by atoms with E-state index in [1.807, 2.05) is 25.1 Å². The van der Waals surface area contributed by atoms with Crippen molar-refractivity contribution in [2.75, 3.05) is 18.2 Å². The Hall–Kier alpha value is -1.24. The van der Waals surface area contributed by atoms with E-state index in [1.165, 1.54) is 0 Å². The molecule has 3 nitrogen and oxygen atoms in total. The summed E-state index contributed by atoms with van der Waals surface area (Å²) in [5, 5.41) is 11.0. The third kappa shape index (κ3) is 3.63. The predicted molar refractivity (Wildman–Crippen MR) is 74.7 cm³/mol. The average Bonchev–Trinajstić information content (AvgIpc) is 2.35. The lowest BCUT2D eigenvalue weighted by Crippen LogP contribution is -2.24. The molecule has 98 valence electrons. The van der Waals surface area contributed by atoms with Crippen LogP contribution in [-0.4, -0.2) is 13.2 Å². The van der Waals surface area contributed by atoms with Gasteiger partial charge in [-0.25, -0.2) is 0 Å². The summed E-state index contributed by atoms with van der Waals surface area (Å²) < 4.78 is 0. The lowest BCUT2D eigenvalue weighted by atomic mass is 10.0. The Morgan fingerprint density at radius 2 is 2.17 bits per heavy atom. The van der Waals surface area contributed by atoms with E-state index in [-0.39, 0.29) is 0 Å². The van der Waals surface area contributed by atoms with Crippen LogP contribution in [0.25, 0.3) is 0 Å². The Balaban J connectivity index is 2.92. The van der Waals surface area contributed by atoms with Gasteiger partial charge >= 0.3 is 0 Å². The molecule has 0 aromatic heterocycles. The quantitative estimate of drug-likeness (QED) is 0.574. The number of anilines is 1. The second-order valence-corrected chi connectivity index (χ2v) is 4.65. The highest BCUT2D eigenvalue weighted by atomic mass is 35.5. The van der Waals surface area contributed by atoms with Crippen molar-refractivity contribution in [1.82, 2.24) is 0 Å². The molecule has 0 aliphatic rings. The molecule has 0 bridgehead atoms. The van der Waals surface area contributed by atoms with Gasteiger partial charge < -0.3 is 0 Å². The number of hydrogen-bond acceptors (Lipinski definition) is 3. The Labute approximate surface area is 114 Å². The molecule has 1 rings (SSSR count). The molecule has 4 heteroatoms. The van der Waals surface area contributed by atoms with Gasteiger partial charge in [0.1, 0.15) is 0 Å². The SMILES string of the molecule is CCN(OCCC#N)c1cccc(C(C)C)c1Cl. The van der Waals surface area contributed by atoms with Crippen LogP contribution in [-0.2, 0) is 4.84 Å². The summed E-state index contributed by atoms with van der Waals surface area (Å²) in [6.45, 7) is 7.28. The van der Waals surface area contributed by atoms with Crippen LogP contribution in [0.1, 0.15) is 38.7 Å². The molecule has 0 radical (unpaired) electrons. The summed E-state index contributed by atoms with van der Waals surface area (Å²) in [5.74, 6) is 0.371. The zero-order chi connectivity index (χ0) is 13.5. The zero-order valence-electron chi connectivity index (χ0n) is 11.1. The molecule has 18 heavy (non-hydrogen) atoms. The lowest BCUT2D eigenvalue weighted by Gasteiger charge is -2.24. The first-order chi connectivity index (χ1) is 8.61. The molecule has 0 unspecified atom stereocenters. The van der Waals surface area contributed by atoms with Gasteiger partial charge in [0.2, 0.25) is 0 Å². The van der Waals surface area contributed by atoms with Crippen molar-refractivity contribution in [2.24, 2.45) is 0 Å². The highest BCUT2D eigenvalue weighted by Gasteiger charge is 2.14. The Morgan fingerprint density at radius 3 is 2.72 bits per heavy atom. The van der Waals surface area contributed by atoms with Gasteiger partial charge in [-0.2, -0.15) is 5.26 Å². The molecule has 0 aliphatic carbocycles. The Bertz CT molecular complexity index is 426. The number of nitrogens with zero attached hydrogens (tertiary/aromatic N) is 2. The first-order valence-corrected chi connectivity index (χ1v) is 6.55. The van der Waals surface area contributed by atoms with E-state index < -0.39 is 0 Å². The van der Waals surface area contributed by atoms with Crippen molar-refractivity contribution in [2.45, 2.75) is 33.1 Å². The number of hydrogen-bond donors (Lipinski definition) is 0. The highest BCUT2D eigenvalue weighted by Crippen LogP contribution is 2.33. The van der Waals surface area contributed by atoms with Gasteiger partial charge in [0.25, 0.3) is 0 Å². The van der Waals surface area contributed by atoms with Crippen molar-refractivity contribution in [1.29, 1.82) is 5.26 Å². The smallest absolute Gasteiger partial charge is 0.0878 e. The van der Waals surface area contributed by atoms with Gasteiger partial charge in [0, 0.05) is 6.54 Å². The molecular weight excluding hydrogens is 248 g/mol. The fourth-order valence-electron chi connectivity index (χ4n) is 1.71. The van der Waals surface area contributed by atoms with Gasteiger partial charge in [-0.3, -0.25) is 9.90 Å². The third-order valence-corrected chi connectivity index (χ3v) is 3.06. The van der Waals surface area contributed by atoms with Crippen LogP contribution in [0.2, 0.25) is 5.02 Å². The highest BCUT2D eigenvalue weighted by molar-refractivity contribution is 6.34. The second kappa shape index (κ2) is 7.25.